The number of carbonyl (C=O) groups is 1. The normalized spacial score (nSPS) is 11.9. The summed E-state index contributed by atoms with van der Waals surface area (Å²) in [4.78, 5) is 34.2. The first-order valence-corrected chi connectivity index (χ1v) is 11.4. The Balaban J connectivity index is 2.36. The molecule has 0 aliphatic carbocycles. The van der Waals surface area contributed by atoms with E-state index >= 15 is 0 Å². The van der Waals surface area contributed by atoms with E-state index in [4.69, 9.17) is 0 Å². The molecule has 3 heterocycles. The number of carboxylic acids is 1. The first-order chi connectivity index (χ1) is 13.5. The Bertz CT molecular complexity index is 1250. The van der Waals surface area contributed by atoms with Crippen molar-refractivity contribution in [3.63, 3.8) is 0 Å². The Morgan fingerprint density at radius 2 is 1.24 bits per heavy atom. The minimum Gasteiger partial charge on any atom is -0.475 e. The van der Waals surface area contributed by atoms with Gasteiger partial charge in [-0.25, -0.2) is 51.5 Å². The van der Waals surface area contributed by atoms with Gasteiger partial charge in [-0.3, -0.25) is 0 Å². The van der Waals surface area contributed by atoms with Crippen LogP contribution in [0.2, 0.25) is 0 Å². The lowest BCUT2D eigenvalue weighted by Crippen LogP contribution is -2.10. The molecule has 0 saturated carbocycles. The molecule has 0 bridgehead atoms. The van der Waals surface area contributed by atoms with Crippen LogP contribution >= 0.6 is 0 Å². The molecule has 0 amide bonds. The Morgan fingerprint density at radius 3 is 1.59 bits per heavy atom. The van der Waals surface area contributed by atoms with Gasteiger partial charge in [0.05, 0.1) is 22.5 Å². The van der Waals surface area contributed by atoms with Crippen LogP contribution in [0, 0.1) is 0 Å². The summed E-state index contributed by atoms with van der Waals surface area (Å²) >= 11 is 0. The topological polar surface area (TPSA) is 183 Å². The predicted molar refractivity (Wildman–Crippen MR) is 97.3 cm³/mol. The first kappa shape index (κ1) is 20.3. The molecule has 3 rings (SSSR count). The average molecular weight is 436 g/mol. The lowest BCUT2D eigenvalue weighted by atomic mass is 10.1. The van der Waals surface area contributed by atoms with Crippen molar-refractivity contribution in [2.24, 2.45) is 0 Å². The summed E-state index contributed by atoms with van der Waals surface area (Å²) in [6, 6.07) is 1.22. The third-order valence-corrected chi connectivity index (χ3v) is 5.58. The fourth-order valence-electron chi connectivity index (χ4n) is 2.40. The summed E-state index contributed by atoms with van der Waals surface area (Å²) in [6.07, 6.45) is 6.19. The van der Waals surface area contributed by atoms with Gasteiger partial charge in [0.2, 0.25) is 5.82 Å². The van der Waals surface area contributed by atoms with Crippen LogP contribution in [0.4, 0.5) is 0 Å². The molecule has 3 aromatic heterocycles. The Kier molecular flexibility index (Phi) is 5.06. The van der Waals surface area contributed by atoms with Gasteiger partial charge in [-0.05, 0) is 6.07 Å². The molecule has 12 nitrogen and oxygen atoms in total. The van der Waals surface area contributed by atoms with E-state index in [9.17, 15) is 26.7 Å². The second kappa shape index (κ2) is 7.21. The van der Waals surface area contributed by atoms with Crippen molar-refractivity contribution in [3.05, 3.63) is 36.9 Å². The molecule has 0 aliphatic heterocycles. The van der Waals surface area contributed by atoms with Gasteiger partial charge in [0.15, 0.2) is 29.7 Å². The van der Waals surface area contributed by atoms with Crippen LogP contribution < -0.4 is 0 Å². The summed E-state index contributed by atoms with van der Waals surface area (Å²) < 4.78 is 48.1. The quantitative estimate of drug-likeness (QED) is 0.525. The molecule has 0 radical (unpaired) electrons. The van der Waals surface area contributed by atoms with Crippen LogP contribution in [-0.4, -0.2) is 70.3 Å². The smallest absolute Gasteiger partial charge is 0.373 e. The second-order valence-corrected chi connectivity index (χ2v) is 9.66. The largest absolute Gasteiger partial charge is 0.475 e. The van der Waals surface area contributed by atoms with E-state index in [1.807, 2.05) is 0 Å². The van der Waals surface area contributed by atoms with E-state index < -0.39 is 31.5 Å². The Labute approximate surface area is 164 Å². The number of hydrogen-bond donors (Lipinski definition) is 1. The summed E-state index contributed by atoms with van der Waals surface area (Å²) in [6.45, 7) is 0. The zero-order valence-electron chi connectivity index (χ0n) is 14.9. The Hall–Kier alpha value is -3.39. The molecule has 29 heavy (non-hydrogen) atoms. The first-order valence-electron chi connectivity index (χ1n) is 7.61. The molecule has 0 atom stereocenters. The number of aromatic nitrogens is 6. The minimum atomic E-state index is -3.80. The summed E-state index contributed by atoms with van der Waals surface area (Å²) in [7, 11) is -7.61. The molecule has 0 saturated heterocycles. The van der Waals surface area contributed by atoms with Crippen molar-refractivity contribution < 1.29 is 26.7 Å². The number of nitrogens with zero attached hydrogens (tertiary/aromatic N) is 6. The average Bonchev–Trinajstić information content (AvgIpc) is 2.66. The van der Waals surface area contributed by atoms with Gasteiger partial charge >= 0.3 is 5.97 Å². The third kappa shape index (κ3) is 4.22. The second-order valence-electron chi connectivity index (χ2n) is 5.79. The van der Waals surface area contributed by atoms with Crippen molar-refractivity contribution in [1.29, 1.82) is 0 Å². The zero-order valence-corrected chi connectivity index (χ0v) is 16.5. The SMILES string of the molecule is CS(=O)(=O)c1ncncc1-c1cc(-c2cncnc2S(C)(=O)=O)nc(C(=O)O)n1. The molecular formula is C15H12N6O6S2. The molecule has 1 N–H and O–H groups in total. The van der Waals surface area contributed by atoms with E-state index in [0.717, 1.165) is 37.6 Å². The summed E-state index contributed by atoms with van der Waals surface area (Å²) in [5.74, 6) is -2.20. The van der Waals surface area contributed by atoms with E-state index in [0.29, 0.717) is 0 Å². The maximum absolute atomic E-state index is 12.0. The zero-order chi connectivity index (χ0) is 21.4. The summed E-state index contributed by atoms with van der Waals surface area (Å²) in [5.41, 5.74) is -0.397. The van der Waals surface area contributed by atoms with E-state index in [2.05, 4.69) is 29.9 Å². The van der Waals surface area contributed by atoms with Crippen LogP contribution in [0.1, 0.15) is 10.6 Å². The Morgan fingerprint density at radius 1 is 0.828 bits per heavy atom. The van der Waals surface area contributed by atoms with E-state index in [1.54, 1.807) is 0 Å². The molecule has 150 valence electrons. The molecule has 14 heteroatoms. The van der Waals surface area contributed by atoms with Crippen LogP contribution in [0.5, 0.6) is 0 Å². The number of rotatable bonds is 5. The number of hydrogen-bond acceptors (Lipinski definition) is 11. The molecule has 0 aromatic carbocycles. The highest BCUT2D eigenvalue weighted by Gasteiger charge is 2.23. The standard InChI is InChI=1S/C15H12N6O6S2/c1-28(24,25)13-8(4-16-6-18-13)10-3-11(21-12(20-10)15(22)23)9-5-17-7-19-14(9)29(2,26)27/h3-7H,1-2H3,(H,22,23). The predicted octanol–water partition coefficient (Wildman–Crippen LogP) is -0.104. The highest BCUT2D eigenvalue weighted by atomic mass is 32.2. The highest BCUT2D eigenvalue weighted by molar-refractivity contribution is 7.91. The van der Waals surface area contributed by atoms with Crippen molar-refractivity contribution in [1.82, 2.24) is 29.9 Å². The van der Waals surface area contributed by atoms with Crippen LogP contribution in [0.3, 0.4) is 0 Å². The van der Waals surface area contributed by atoms with Gasteiger partial charge in [-0.2, -0.15) is 0 Å². The molecule has 3 aromatic rings. The lowest BCUT2D eigenvalue weighted by molar-refractivity contribution is 0.0683. The molecule has 0 aliphatic rings. The molecule has 0 fully saturated rings. The van der Waals surface area contributed by atoms with Gasteiger partial charge in [-0.1, -0.05) is 0 Å². The highest BCUT2D eigenvalue weighted by Crippen LogP contribution is 2.29. The van der Waals surface area contributed by atoms with Gasteiger partial charge in [0.1, 0.15) is 12.7 Å². The summed E-state index contributed by atoms with van der Waals surface area (Å²) in [5, 5.41) is 8.61. The van der Waals surface area contributed by atoms with Crippen molar-refractivity contribution in [3.8, 4) is 22.5 Å². The van der Waals surface area contributed by atoms with Crippen molar-refractivity contribution in [2.45, 2.75) is 10.1 Å². The van der Waals surface area contributed by atoms with Crippen LogP contribution in [0.15, 0.2) is 41.2 Å². The third-order valence-electron chi connectivity index (χ3n) is 3.52. The monoisotopic (exact) mass is 436 g/mol. The van der Waals surface area contributed by atoms with Gasteiger partial charge in [0.25, 0.3) is 0 Å². The van der Waals surface area contributed by atoms with Crippen molar-refractivity contribution in [2.75, 3.05) is 12.5 Å². The number of sulfone groups is 2. The van der Waals surface area contributed by atoms with Crippen LogP contribution in [0.25, 0.3) is 22.5 Å². The molecular weight excluding hydrogens is 424 g/mol. The van der Waals surface area contributed by atoms with Crippen molar-refractivity contribution >= 4 is 25.6 Å². The minimum absolute atomic E-state index is 0.0705. The van der Waals surface area contributed by atoms with Gasteiger partial charge in [-0.15, -0.1) is 0 Å². The van der Waals surface area contributed by atoms with Crippen LogP contribution in [-0.2, 0) is 19.7 Å². The van der Waals surface area contributed by atoms with E-state index in [-0.39, 0.29) is 32.6 Å². The fraction of sp³-hybridized carbons (Fsp3) is 0.133. The van der Waals surface area contributed by atoms with Gasteiger partial charge in [0, 0.05) is 24.9 Å². The lowest BCUT2D eigenvalue weighted by Gasteiger charge is -2.10. The molecule has 0 spiro atoms. The fourth-order valence-corrected chi connectivity index (χ4v) is 3.99. The maximum Gasteiger partial charge on any atom is 0.373 e. The number of aromatic carboxylic acids is 1. The molecule has 0 unspecified atom stereocenters. The van der Waals surface area contributed by atoms with E-state index in [1.165, 1.54) is 6.07 Å². The maximum atomic E-state index is 12.0. The van der Waals surface area contributed by atoms with Gasteiger partial charge < -0.3 is 5.11 Å². The number of carboxylic acid groups (broad SMARTS) is 1.